The molecule has 0 N–H and O–H groups in total. The summed E-state index contributed by atoms with van der Waals surface area (Å²) in [6, 6.07) is 19.0. The lowest BCUT2D eigenvalue weighted by atomic mass is 9.72. The number of carbonyl (C=O) groups excluding carboxylic acids is 1. The van der Waals surface area contributed by atoms with E-state index in [1.807, 2.05) is 18.5 Å². The van der Waals surface area contributed by atoms with Gasteiger partial charge in [-0.2, -0.15) is 0 Å². The van der Waals surface area contributed by atoms with Gasteiger partial charge in [0.05, 0.1) is 18.6 Å². The van der Waals surface area contributed by atoms with Crippen LogP contribution in [0.15, 0.2) is 67.0 Å². The summed E-state index contributed by atoms with van der Waals surface area (Å²) in [4.78, 5) is 23.0. The number of carbonyl (C=O) groups is 1. The zero-order valence-electron chi connectivity index (χ0n) is 20.2. The predicted molar refractivity (Wildman–Crippen MR) is 136 cm³/mol. The Hall–Kier alpha value is -2.76. The first-order chi connectivity index (χ1) is 16.6. The lowest BCUT2D eigenvalue weighted by Gasteiger charge is -2.42. The molecule has 3 heterocycles. The van der Waals surface area contributed by atoms with E-state index in [0.717, 1.165) is 45.3 Å². The minimum atomic E-state index is -0.327. The van der Waals surface area contributed by atoms with Gasteiger partial charge < -0.3 is 14.5 Å². The molecule has 34 heavy (non-hydrogen) atoms. The van der Waals surface area contributed by atoms with E-state index >= 15 is 0 Å². The van der Waals surface area contributed by atoms with Crippen LogP contribution < -0.4 is 0 Å². The fraction of sp³-hybridized carbons (Fsp3) is 0.448. The molecule has 2 aliphatic rings. The number of pyridine rings is 1. The average Bonchev–Trinajstić information content (AvgIpc) is 3.11. The molecule has 5 rings (SSSR count). The number of amides is 1. The molecular weight excluding hydrogens is 422 g/mol. The highest BCUT2D eigenvalue weighted by molar-refractivity contribution is 5.85. The fourth-order valence-electron chi connectivity index (χ4n) is 5.69. The van der Waals surface area contributed by atoms with Crippen molar-refractivity contribution in [2.45, 2.75) is 25.7 Å². The Morgan fingerprint density at radius 1 is 1.06 bits per heavy atom. The summed E-state index contributed by atoms with van der Waals surface area (Å²) in [7, 11) is 2.16. The van der Waals surface area contributed by atoms with E-state index in [1.54, 1.807) is 0 Å². The van der Waals surface area contributed by atoms with Gasteiger partial charge in [0.25, 0.3) is 0 Å². The number of likely N-dealkylation sites (tertiary alicyclic amines) is 1. The van der Waals surface area contributed by atoms with Crippen molar-refractivity contribution >= 4 is 16.7 Å². The Bertz CT molecular complexity index is 1100. The third-order valence-corrected chi connectivity index (χ3v) is 7.69. The summed E-state index contributed by atoms with van der Waals surface area (Å²) < 4.78 is 6.01. The first-order valence-electron chi connectivity index (χ1n) is 12.5. The van der Waals surface area contributed by atoms with E-state index in [1.165, 1.54) is 21.9 Å². The minimum Gasteiger partial charge on any atom is -0.379 e. The second-order valence-electron chi connectivity index (χ2n) is 10.2. The summed E-state index contributed by atoms with van der Waals surface area (Å²) >= 11 is 0. The predicted octanol–water partition coefficient (Wildman–Crippen LogP) is 4.21. The van der Waals surface area contributed by atoms with Gasteiger partial charge in [0.15, 0.2) is 0 Å². The van der Waals surface area contributed by atoms with E-state index in [-0.39, 0.29) is 11.3 Å². The van der Waals surface area contributed by atoms with Gasteiger partial charge in [-0.25, -0.2) is 0 Å². The van der Waals surface area contributed by atoms with Gasteiger partial charge in [0.1, 0.15) is 0 Å². The standard InChI is InChI=1S/C29H35N3O2/c1-31-14-11-29(12-15-31,19-23-6-3-2-4-7-23)28(33)32-16-17-34-22-24(21-32)18-26-9-5-8-25-10-13-30-20-27(25)26/h2-10,13,20,24H,11-12,14-19,21-22H2,1H3/t24-/m1/s1. The molecule has 0 unspecified atom stereocenters. The zero-order chi connectivity index (χ0) is 23.4. The van der Waals surface area contributed by atoms with Crippen molar-refractivity contribution in [3.05, 3.63) is 78.1 Å². The number of ether oxygens (including phenoxy) is 1. The number of nitrogens with zero attached hydrogens (tertiary/aromatic N) is 3. The molecule has 178 valence electrons. The maximum Gasteiger partial charge on any atom is 0.229 e. The zero-order valence-corrected chi connectivity index (χ0v) is 20.2. The Balaban J connectivity index is 1.37. The van der Waals surface area contributed by atoms with Crippen molar-refractivity contribution in [3.8, 4) is 0 Å². The monoisotopic (exact) mass is 457 g/mol. The van der Waals surface area contributed by atoms with Gasteiger partial charge in [-0.1, -0.05) is 48.5 Å². The number of hydrogen-bond donors (Lipinski definition) is 0. The molecule has 3 aromatic rings. The smallest absolute Gasteiger partial charge is 0.229 e. The maximum absolute atomic E-state index is 14.2. The second kappa shape index (κ2) is 10.2. The van der Waals surface area contributed by atoms with Crippen LogP contribution in [0, 0.1) is 11.3 Å². The van der Waals surface area contributed by atoms with Crippen LogP contribution in [0.3, 0.4) is 0 Å². The number of rotatable bonds is 5. The Morgan fingerprint density at radius 3 is 2.71 bits per heavy atom. The molecule has 0 spiro atoms. The molecule has 5 heteroatoms. The summed E-state index contributed by atoms with van der Waals surface area (Å²) in [6.07, 6.45) is 7.33. The van der Waals surface area contributed by atoms with Crippen molar-refractivity contribution < 1.29 is 9.53 Å². The molecule has 0 bridgehead atoms. The SMILES string of the molecule is CN1CCC(Cc2ccccc2)(C(=O)N2CCOC[C@H](Cc3cccc4ccncc34)C2)CC1. The van der Waals surface area contributed by atoms with Crippen LogP contribution in [0.2, 0.25) is 0 Å². The lowest BCUT2D eigenvalue weighted by Crippen LogP contribution is -2.52. The topological polar surface area (TPSA) is 45.7 Å². The van der Waals surface area contributed by atoms with E-state index < -0.39 is 0 Å². The highest BCUT2D eigenvalue weighted by Gasteiger charge is 2.43. The highest BCUT2D eigenvalue weighted by atomic mass is 16.5. The van der Waals surface area contributed by atoms with E-state index in [2.05, 4.69) is 70.4 Å². The van der Waals surface area contributed by atoms with Gasteiger partial charge in [-0.15, -0.1) is 0 Å². The van der Waals surface area contributed by atoms with Gasteiger partial charge in [0, 0.05) is 36.8 Å². The number of aromatic nitrogens is 1. The van der Waals surface area contributed by atoms with Crippen LogP contribution >= 0.6 is 0 Å². The molecule has 2 aliphatic heterocycles. The third kappa shape index (κ3) is 5.01. The van der Waals surface area contributed by atoms with E-state index in [0.29, 0.717) is 25.7 Å². The molecular formula is C29H35N3O2. The van der Waals surface area contributed by atoms with Gasteiger partial charge >= 0.3 is 0 Å². The molecule has 5 nitrogen and oxygen atoms in total. The molecule has 1 aromatic heterocycles. The van der Waals surface area contributed by atoms with Crippen LogP contribution in [-0.4, -0.2) is 67.1 Å². The second-order valence-corrected chi connectivity index (χ2v) is 10.2. The summed E-state index contributed by atoms with van der Waals surface area (Å²) in [6.45, 7) is 4.67. The largest absolute Gasteiger partial charge is 0.379 e. The summed E-state index contributed by atoms with van der Waals surface area (Å²) in [5.74, 6) is 0.594. The third-order valence-electron chi connectivity index (χ3n) is 7.69. The van der Waals surface area contributed by atoms with Gasteiger partial charge in [-0.05, 0) is 68.4 Å². The number of hydrogen-bond acceptors (Lipinski definition) is 4. The van der Waals surface area contributed by atoms with Crippen molar-refractivity contribution in [1.29, 1.82) is 0 Å². The van der Waals surface area contributed by atoms with Crippen LogP contribution in [-0.2, 0) is 22.4 Å². The first-order valence-corrected chi connectivity index (χ1v) is 12.5. The van der Waals surface area contributed by atoms with Crippen molar-refractivity contribution in [1.82, 2.24) is 14.8 Å². The molecule has 2 aromatic carbocycles. The maximum atomic E-state index is 14.2. The van der Waals surface area contributed by atoms with Crippen molar-refractivity contribution in [3.63, 3.8) is 0 Å². The summed E-state index contributed by atoms with van der Waals surface area (Å²) in [5, 5.41) is 2.41. The number of benzene rings is 2. The van der Waals surface area contributed by atoms with E-state index in [9.17, 15) is 4.79 Å². The molecule has 1 atom stereocenters. The Kier molecular flexibility index (Phi) is 6.93. The Morgan fingerprint density at radius 2 is 1.88 bits per heavy atom. The lowest BCUT2D eigenvalue weighted by molar-refractivity contribution is -0.145. The minimum absolute atomic E-state index is 0.275. The molecule has 2 fully saturated rings. The normalized spacial score (nSPS) is 21.3. The highest BCUT2D eigenvalue weighted by Crippen LogP contribution is 2.37. The van der Waals surface area contributed by atoms with Crippen LogP contribution in [0.25, 0.3) is 10.8 Å². The molecule has 0 radical (unpaired) electrons. The molecule has 0 aliphatic carbocycles. The van der Waals surface area contributed by atoms with Crippen LogP contribution in [0.4, 0.5) is 0 Å². The first kappa shape index (κ1) is 23.0. The van der Waals surface area contributed by atoms with E-state index in [4.69, 9.17) is 4.74 Å². The van der Waals surface area contributed by atoms with Gasteiger partial charge in [-0.3, -0.25) is 9.78 Å². The van der Waals surface area contributed by atoms with Crippen LogP contribution in [0.5, 0.6) is 0 Å². The number of piperidine rings is 1. The van der Waals surface area contributed by atoms with Crippen molar-refractivity contribution in [2.24, 2.45) is 11.3 Å². The molecule has 1 amide bonds. The van der Waals surface area contributed by atoms with Crippen molar-refractivity contribution in [2.75, 3.05) is 46.4 Å². The van der Waals surface area contributed by atoms with Gasteiger partial charge in [0.2, 0.25) is 5.91 Å². The number of fused-ring (bicyclic) bond motifs is 1. The molecule has 0 saturated carbocycles. The quantitative estimate of drug-likeness (QED) is 0.576. The molecule has 2 saturated heterocycles. The van der Waals surface area contributed by atoms with Crippen LogP contribution in [0.1, 0.15) is 24.0 Å². The average molecular weight is 458 g/mol. The fourth-order valence-corrected chi connectivity index (χ4v) is 5.69. The summed E-state index contributed by atoms with van der Waals surface area (Å²) in [5.41, 5.74) is 2.21. The Labute approximate surface area is 202 Å².